The summed E-state index contributed by atoms with van der Waals surface area (Å²) in [5.74, 6) is -2.18. The van der Waals surface area contributed by atoms with Gasteiger partial charge in [-0.25, -0.2) is 0 Å². The van der Waals surface area contributed by atoms with E-state index in [4.69, 9.17) is 10.8 Å². The fraction of sp³-hybridized carbons (Fsp3) is 0.417. The highest BCUT2D eigenvalue weighted by Crippen LogP contribution is 2.23. The highest BCUT2D eigenvalue weighted by molar-refractivity contribution is 7.14. The van der Waals surface area contributed by atoms with Crippen LogP contribution in [-0.2, 0) is 9.59 Å². The SMILES string of the molecule is NC(=O)c1ccsc1NC(=O)CN1CC(O)CC1C(=O)O. The highest BCUT2D eigenvalue weighted by atomic mass is 32.1. The molecule has 1 aliphatic heterocycles. The first-order valence-corrected chi connectivity index (χ1v) is 7.08. The van der Waals surface area contributed by atoms with E-state index in [1.165, 1.54) is 11.0 Å². The summed E-state index contributed by atoms with van der Waals surface area (Å²) in [6.07, 6.45) is -0.671. The average Bonchev–Trinajstić information content (AvgIpc) is 2.96. The van der Waals surface area contributed by atoms with Crippen LogP contribution in [0.2, 0.25) is 0 Å². The van der Waals surface area contributed by atoms with Crippen molar-refractivity contribution in [3.05, 3.63) is 17.0 Å². The van der Waals surface area contributed by atoms with Crippen LogP contribution in [0, 0.1) is 0 Å². The third kappa shape index (κ3) is 3.57. The summed E-state index contributed by atoms with van der Waals surface area (Å²) in [6, 6.07) is 0.618. The van der Waals surface area contributed by atoms with Crippen LogP contribution < -0.4 is 11.1 Å². The number of β-amino-alcohol motifs (C(OH)–C–C–N with tert-alkyl or cyclic N) is 1. The first kappa shape index (κ1) is 15.4. The molecule has 9 heteroatoms. The molecule has 2 amide bonds. The van der Waals surface area contributed by atoms with E-state index >= 15 is 0 Å². The Kier molecular flexibility index (Phi) is 4.56. The molecule has 8 nitrogen and oxygen atoms in total. The fourth-order valence-corrected chi connectivity index (χ4v) is 3.07. The van der Waals surface area contributed by atoms with E-state index in [2.05, 4.69) is 5.32 Å². The van der Waals surface area contributed by atoms with E-state index in [1.54, 1.807) is 5.38 Å². The minimum absolute atomic E-state index is 0.0914. The summed E-state index contributed by atoms with van der Waals surface area (Å²) in [4.78, 5) is 35.5. The molecule has 1 saturated heterocycles. The fourth-order valence-electron chi connectivity index (χ4n) is 2.26. The third-order valence-electron chi connectivity index (χ3n) is 3.20. The smallest absolute Gasteiger partial charge is 0.321 e. The molecule has 0 radical (unpaired) electrons. The molecule has 2 atom stereocenters. The molecule has 2 rings (SSSR count). The molecular formula is C12H15N3O5S. The predicted octanol–water partition coefficient (Wildman–Crippen LogP) is -0.695. The van der Waals surface area contributed by atoms with Crippen LogP contribution in [0.15, 0.2) is 11.4 Å². The number of likely N-dealkylation sites (tertiary alicyclic amines) is 1. The Morgan fingerprint density at radius 2 is 2.19 bits per heavy atom. The zero-order valence-corrected chi connectivity index (χ0v) is 11.8. The van der Waals surface area contributed by atoms with Gasteiger partial charge in [0.15, 0.2) is 0 Å². The summed E-state index contributed by atoms with van der Waals surface area (Å²) in [5, 5.41) is 23.0. The molecule has 0 aromatic carbocycles. The van der Waals surface area contributed by atoms with Gasteiger partial charge in [-0.2, -0.15) is 0 Å². The largest absolute Gasteiger partial charge is 0.480 e. The molecular weight excluding hydrogens is 298 g/mol. The molecule has 1 aliphatic rings. The maximum Gasteiger partial charge on any atom is 0.321 e. The van der Waals surface area contributed by atoms with Crippen molar-refractivity contribution >= 4 is 34.1 Å². The lowest BCUT2D eigenvalue weighted by Gasteiger charge is -2.19. The van der Waals surface area contributed by atoms with Gasteiger partial charge >= 0.3 is 5.97 Å². The van der Waals surface area contributed by atoms with Crippen LogP contribution in [0.4, 0.5) is 5.00 Å². The number of anilines is 1. The number of amides is 2. The number of hydrogen-bond donors (Lipinski definition) is 4. The molecule has 0 aliphatic carbocycles. The Morgan fingerprint density at radius 1 is 1.48 bits per heavy atom. The first-order valence-electron chi connectivity index (χ1n) is 6.20. The van der Waals surface area contributed by atoms with E-state index in [1.807, 2.05) is 0 Å². The Morgan fingerprint density at radius 3 is 2.81 bits per heavy atom. The molecule has 21 heavy (non-hydrogen) atoms. The van der Waals surface area contributed by atoms with E-state index in [0.717, 1.165) is 11.3 Å². The number of aliphatic hydroxyl groups excluding tert-OH is 1. The number of hydrogen-bond acceptors (Lipinski definition) is 6. The number of nitrogens with two attached hydrogens (primary N) is 1. The van der Waals surface area contributed by atoms with Gasteiger partial charge in [-0.05, 0) is 11.4 Å². The standard InChI is InChI=1S/C12H15N3O5S/c13-10(18)7-1-2-21-11(7)14-9(17)5-15-4-6(16)3-8(15)12(19)20/h1-2,6,8,16H,3-5H2,(H2,13,18)(H,14,17)(H,19,20). The van der Waals surface area contributed by atoms with Crippen molar-refractivity contribution in [3.63, 3.8) is 0 Å². The number of carboxylic acids is 1. The lowest BCUT2D eigenvalue weighted by molar-refractivity contribution is -0.142. The number of thiophene rings is 1. The molecule has 0 saturated carbocycles. The second-order valence-electron chi connectivity index (χ2n) is 4.75. The van der Waals surface area contributed by atoms with Crippen molar-refractivity contribution in [2.75, 3.05) is 18.4 Å². The van der Waals surface area contributed by atoms with Crippen molar-refractivity contribution in [2.24, 2.45) is 5.73 Å². The molecule has 114 valence electrons. The van der Waals surface area contributed by atoms with Crippen LogP contribution in [0.3, 0.4) is 0 Å². The van der Waals surface area contributed by atoms with E-state index in [-0.39, 0.29) is 25.1 Å². The Labute approximate surface area is 124 Å². The van der Waals surface area contributed by atoms with E-state index < -0.39 is 29.9 Å². The maximum absolute atomic E-state index is 11.9. The van der Waals surface area contributed by atoms with Gasteiger partial charge < -0.3 is 21.3 Å². The summed E-state index contributed by atoms with van der Waals surface area (Å²) < 4.78 is 0. The number of carboxylic acid groups (broad SMARTS) is 1. The molecule has 5 N–H and O–H groups in total. The molecule has 1 aromatic heterocycles. The molecule has 1 fully saturated rings. The quantitative estimate of drug-likeness (QED) is 0.568. The van der Waals surface area contributed by atoms with Crippen molar-refractivity contribution in [2.45, 2.75) is 18.6 Å². The molecule has 0 bridgehead atoms. The first-order chi connectivity index (χ1) is 9.88. The normalized spacial score (nSPS) is 22.1. The van der Waals surface area contributed by atoms with Crippen LogP contribution in [0.25, 0.3) is 0 Å². The van der Waals surface area contributed by atoms with Gasteiger partial charge in [0.1, 0.15) is 11.0 Å². The number of nitrogens with zero attached hydrogens (tertiary/aromatic N) is 1. The van der Waals surface area contributed by atoms with Gasteiger partial charge in [-0.3, -0.25) is 19.3 Å². The van der Waals surface area contributed by atoms with Crippen molar-refractivity contribution in [3.8, 4) is 0 Å². The van der Waals surface area contributed by atoms with Crippen molar-refractivity contribution < 1.29 is 24.6 Å². The van der Waals surface area contributed by atoms with Crippen LogP contribution >= 0.6 is 11.3 Å². The van der Waals surface area contributed by atoms with Gasteiger partial charge in [-0.15, -0.1) is 11.3 Å². The summed E-state index contributed by atoms with van der Waals surface area (Å²) in [7, 11) is 0. The average molecular weight is 313 g/mol. The maximum atomic E-state index is 11.9. The Hall–Kier alpha value is -1.97. The molecule has 2 unspecified atom stereocenters. The van der Waals surface area contributed by atoms with Crippen molar-refractivity contribution in [1.82, 2.24) is 4.90 Å². The minimum atomic E-state index is -1.08. The summed E-state index contributed by atoms with van der Waals surface area (Å²) >= 11 is 1.15. The van der Waals surface area contributed by atoms with Gasteiger partial charge in [0, 0.05) is 13.0 Å². The Balaban J connectivity index is 2.00. The number of rotatable bonds is 5. The highest BCUT2D eigenvalue weighted by Gasteiger charge is 2.36. The second kappa shape index (κ2) is 6.20. The Bertz CT molecular complexity index is 573. The lowest BCUT2D eigenvalue weighted by atomic mass is 10.2. The zero-order valence-electron chi connectivity index (χ0n) is 11.0. The predicted molar refractivity (Wildman–Crippen MR) is 75.1 cm³/mol. The van der Waals surface area contributed by atoms with Gasteiger partial charge in [-0.1, -0.05) is 0 Å². The van der Waals surface area contributed by atoms with Gasteiger partial charge in [0.2, 0.25) is 5.91 Å². The van der Waals surface area contributed by atoms with Crippen molar-refractivity contribution in [1.29, 1.82) is 0 Å². The number of nitrogens with one attached hydrogen (secondary N) is 1. The monoisotopic (exact) mass is 313 g/mol. The topological polar surface area (TPSA) is 133 Å². The van der Waals surface area contributed by atoms with E-state index in [9.17, 15) is 19.5 Å². The molecule has 2 heterocycles. The van der Waals surface area contributed by atoms with Gasteiger partial charge in [0.25, 0.3) is 5.91 Å². The number of carbonyl (C=O) groups excluding carboxylic acids is 2. The molecule has 0 spiro atoms. The molecule has 1 aromatic rings. The number of primary amides is 1. The van der Waals surface area contributed by atoms with Crippen LogP contribution in [0.1, 0.15) is 16.8 Å². The minimum Gasteiger partial charge on any atom is -0.480 e. The summed E-state index contributed by atoms with van der Waals surface area (Å²) in [6.45, 7) is -0.0539. The number of aliphatic hydroxyl groups is 1. The van der Waals surface area contributed by atoms with E-state index in [0.29, 0.717) is 5.00 Å². The van der Waals surface area contributed by atoms with Gasteiger partial charge in [0.05, 0.1) is 18.2 Å². The second-order valence-corrected chi connectivity index (χ2v) is 5.66. The van der Waals surface area contributed by atoms with Crippen LogP contribution in [-0.4, -0.2) is 58.1 Å². The number of carbonyl (C=O) groups is 3. The third-order valence-corrected chi connectivity index (χ3v) is 4.03. The zero-order chi connectivity index (χ0) is 15.6. The number of aliphatic carboxylic acids is 1. The lowest BCUT2D eigenvalue weighted by Crippen LogP contribution is -2.41. The summed E-state index contributed by atoms with van der Waals surface area (Å²) in [5.41, 5.74) is 5.39. The van der Waals surface area contributed by atoms with Crippen LogP contribution in [0.5, 0.6) is 0 Å².